The molecule has 0 saturated heterocycles. The number of carbonyl (C=O) groups is 1. The highest BCUT2D eigenvalue weighted by Crippen LogP contribution is 2.25. The van der Waals surface area contributed by atoms with Crippen LogP contribution in [0, 0.1) is 5.82 Å². The molecule has 23 heavy (non-hydrogen) atoms. The summed E-state index contributed by atoms with van der Waals surface area (Å²) in [6, 6.07) is 12.4. The van der Waals surface area contributed by atoms with Gasteiger partial charge in [0.25, 0.3) is 5.91 Å². The summed E-state index contributed by atoms with van der Waals surface area (Å²) in [4.78, 5) is 11.8. The van der Waals surface area contributed by atoms with E-state index in [1.165, 1.54) is 31.4 Å². The Labute approximate surface area is 133 Å². The van der Waals surface area contributed by atoms with Crippen LogP contribution in [-0.2, 0) is 4.79 Å². The smallest absolute Gasteiger partial charge is 0.258 e. The van der Waals surface area contributed by atoms with Crippen LogP contribution in [0.25, 0.3) is 0 Å². The average molecular weight is 319 g/mol. The molecule has 122 valence electrons. The van der Waals surface area contributed by atoms with Gasteiger partial charge >= 0.3 is 0 Å². The van der Waals surface area contributed by atoms with Crippen molar-refractivity contribution in [3.8, 4) is 11.5 Å². The maximum absolute atomic E-state index is 12.8. The fourth-order valence-electron chi connectivity index (χ4n) is 1.95. The summed E-state index contributed by atoms with van der Waals surface area (Å²) in [5.74, 6) is 0.239. The molecular weight excluding hydrogens is 301 g/mol. The van der Waals surface area contributed by atoms with E-state index in [0.29, 0.717) is 17.1 Å². The molecule has 1 unspecified atom stereocenters. The first-order chi connectivity index (χ1) is 11.1. The van der Waals surface area contributed by atoms with Gasteiger partial charge in [0, 0.05) is 6.54 Å². The Morgan fingerprint density at radius 3 is 2.48 bits per heavy atom. The highest BCUT2D eigenvalue weighted by atomic mass is 19.1. The molecule has 0 spiro atoms. The minimum absolute atomic E-state index is 0.0136. The molecule has 2 N–H and O–H groups in total. The molecule has 2 aromatic rings. The van der Waals surface area contributed by atoms with Crippen molar-refractivity contribution in [2.75, 3.05) is 20.3 Å². The molecule has 0 saturated carbocycles. The van der Waals surface area contributed by atoms with Gasteiger partial charge in [-0.2, -0.15) is 0 Å². The van der Waals surface area contributed by atoms with Crippen molar-refractivity contribution in [2.24, 2.45) is 0 Å². The first-order valence-electron chi connectivity index (χ1n) is 7.06. The van der Waals surface area contributed by atoms with Crippen LogP contribution < -0.4 is 14.8 Å². The predicted octanol–water partition coefficient (Wildman–Crippen LogP) is 2.06. The minimum atomic E-state index is -0.911. The van der Waals surface area contributed by atoms with Crippen LogP contribution in [0.5, 0.6) is 11.5 Å². The van der Waals surface area contributed by atoms with Gasteiger partial charge in [-0.3, -0.25) is 4.79 Å². The molecule has 0 bridgehead atoms. The van der Waals surface area contributed by atoms with Crippen molar-refractivity contribution in [1.29, 1.82) is 0 Å². The first-order valence-corrected chi connectivity index (χ1v) is 7.06. The molecule has 5 nitrogen and oxygen atoms in total. The molecule has 6 heteroatoms. The topological polar surface area (TPSA) is 67.8 Å². The van der Waals surface area contributed by atoms with Crippen LogP contribution in [0.3, 0.4) is 0 Å². The molecule has 0 radical (unpaired) electrons. The van der Waals surface area contributed by atoms with E-state index >= 15 is 0 Å². The molecule has 0 aliphatic heterocycles. The summed E-state index contributed by atoms with van der Waals surface area (Å²) in [7, 11) is 1.52. The number of amides is 1. The summed E-state index contributed by atoms with van der Waals surface area (Å²) < 4.78 is 23.3. The molecule has 1 amide bonds. The molecule has 0 heterocycles. The first kappa shape index (κ1) is 16.8. The Morgan fingerprint density at radius 2 is 1.83 bits per heavy atom. The number of hydrogen-bond donors (Lipinski definition) is 2. The zero-order chi connectivity index (χ0) is 16.7. The van der Waals surface area contributed by atoms with Crippen molar-refractivity contribution in [2.45, 2.75) is 6.10 Å². The second-order valence-corrected chi connectivity index (χ2v) is 4.81. The molecule has 0 aliphatic rings. The highest BCUT2D eigenvalue weighted by Gasteiger charge is 2.11. The van der Waals surface area contributed by atoms with E-state index in [1.807, 2.05) is 0 Å². The Balaban J connectivity index is 1.80. The quantitative estimate of drug-likeness (QED) is 0.820. The maximum atomic E-state index is 12.8. The third-order valence-electron chi connectivity index (χ3n) is 3.18. The predicted molar refractivity (Wildman–Crippen MR) is 82.9 cm³/mol. The standard InChI is InChI=1S/C17H18FNO4/c1-22-15-4-2-3-5-16(15)23-11-17(21)19-10-14(20)12-6-8-13(18)9-7-12/h2-9,14,20H,10-11H2,1H3,(H,19,21). The summed E-state index contributed by atoms with van der Waals surface area (Å²) in [5.41, 5.74) is 0.525. The number of aliphatic hydroxyl groups excluding tert-OH is 1. The maximum Gasteiger partial charge on any atom is 0.258 e. The summed E-state index contributed by atoms with van der Waals surface area (Å²) >= 11 is 0. The normalized spacial score (nSPS) is 11.6. The lowest BCUT2D eigenvalue weighted by atomic mass is 10.1. The van der Waals surface area contributed by atoms with Gasteiger partial charge in [0.15, 0.2) is 18.1 Å². The van der Waals surface area contributed by atoms with Gasteiger partial charge in [0.1, 0.15) is 5.82 Å². The number of ether oxygens (including phenoxy) is 2. The Hall–Kier alpha value is -2.60. The van der Waals surface area contributed by atoms with E-state index in [9.17, 15) is 14.3 Å². The monoisotopic (exact) mass is 319 g/mol. The third-order valence-corrected chi connectivity index (χ3v) is 3.18. The summed E-state index contributed by atoms with van der Waals surface area (Å²) in [6.45, 7) is -0.184. The van der Waals surface area contributed by atoms with Crippen LogP contribution in [0.4, 0.5) is 4.39 Å². The lowest BCUT2D eigenvalue weighted by Crippen LogP contribution is -2.32. The lowest BCUT2D eigenvalue weighted by molar-refractivity contribution is -0.123. The number of para-hydroxylation sites is 2. The molecule has 0 aliphatic carbocycles. The van der Waals surface area contributed by atoms with Crippen molar-refractivity contribution >= 4 is 5.91 Å². The second kappa shape index (κ2) is 8.14. The van der Waals surface area contributed by atoms with Gasteiger partial charge in [0.05, 0.1) is 13.2 Å². The van der Waals surface area contributed by atoms with Crippen LogP contribution in [0.15, 0.2) is 48.5 Å². The van der Waals surface area contributed by atoms with E-state index in [4.69, 9.17) is 9.47 Å². The van der Waals surface area contributed by atoms with Gasteiger partial charge in [-0.1, -0.05) is 24.3 Å². The van der Waals surface area contributed by atoms with Crippen LogP contribution in [0.2, 0.25) is 0 Å². The van der Waals surface area contributed by atoms with E-state index in [2.05, 4.69) is 5.32 Å². The zero-order valence-electron chi connectivity index (χ0n) is 12.7. The molecule has 0 aromatic heterocycles. The minimum Gasteiger partial charge on any atom is -0.493 e. The number of rotatable bonds is 7. The van der Waals surface area contributed by atoms with Crippen molar-refractivity contribution in [1.82, 2.24) is 5.32 Å². The van der Waals surface area contributed by atoms with Gasteiger partial charge in [-0.05, 0) is 29.8 Å². The molecule has 0 fully saturated rings. The number of halogens is 1. The molecule has 1 atom stereocenters. The fourth-order valence-corrected chi connectivity index (χ4v) is 1.95. The highest BCUT2D eigenvalue weighted by molar-refractivity contribution is 5.77. The van der Waals surface area contributed by atoms with Gasteiger partial charge in [-0.25, -0.2) is 4.39 Å². The number of benzene rings is 2. The number of carbonyl (C=O) groups excluding carboxylic acids is 1. The van der Waals surface area contributed by atoms with Crippen LogP contribution >= 0.6 is 0 Å². The zero-order valence-corrected chi connectivity index (χ0v) is 12.7. The SMILES string of the molecule is COc1ccccc1OCC(=O)NCC(O)c1ccc(F)cc1. The number of hydrogen-bond acceptors (Lipinski definition) is 4. The number of methoxy groups -OCH3 is 1. The Bertz CT molecular complexity index is 645. The van der Waals surface area contributed by atoms with Crippen LogP contribution in [-0.4, -0.2) is 31.3 Å². The third kappa shape index (κ3) is 4.96. The Morgan fingerprint density at radius 1 is 1.17 bits per heavy atom. The van der Waals surface area contributed by atoms with Gasteiger partial charge < -0.3 is 19.9 Å². The Kier molecular flexibility index (Phi) is 5.94. The van der Waals surface area contributed by atoms with E-state index in [0.717, 1.165) is 0 Å². The van der Waals surface area contributed by atoms with Crippen molar-refractivity contribution in [3.63, 3.8) is 0 Å². The summed E-state index contributed by atoms with van der Waals surface area (Å²) in [5, 5.41) is 12.5. The van der Waals surface area contributed by atoms with Crippen molar-refractivity contribution < 1.29 is 23.8 Å². The van der Waals surface area contributed by atoms with Crippen molar-refractivity contribution in [3.05, 3.63) is 59.9 Å². The molecule has 2 rings (SSSR count). The molecular formula is C17H18FNO4. The van der Waals surface area contributed by atoms with Crippen LogP contribution in [0.1, 0.15) is 11.7 Å². The van der Waals surface area contributed by atoms with E-state index < -0.39 is 6.10 Å². The number of aliphatic hydroxyl groups is 1. The van der Waals surface area contributed by atoms with Gasteiger partial charge in [-0.15, -0.1) is 0 Å². The second-order valence-electron chi connectivity index (χ2n) is 4.81. The summed E-state index contributed by atoms with van der Waals surface area (Å²) in [6.07, 6.45) is -0.911. The van der Waals surface area contributed by atoms with E-state index in [-0.39, 0.29) is 24.9 Å². The fraction of sp³-hybridized carbons (Fsp3) is 0.235. The molecule has 2 aromatic carbocycles. The lowest BCUT2D eigenvalue weighted by Gasteiger charge is -2.13. The largest absolute Gasteiger partial charge is 0.493 e. The van der Waals surface area contributed by atoms with E-state index in [1.54, 1.807) is 24.3 Å². The van der Waals surface area contributed by atoms with Gasteiger partial charge in [0.2, 0.25) is 0 Å². The number of nitrogens with one attached hydrogen (secondary N) is 1. The average Bonchev–Trinajstić information content (AvgIpc) is 2.58.